The molecule has 2 N–H and O–H groups in total. The third-order valence-corrected chi connectivity index (χ3v) is 3.48. The van der Waals surface area contributed by atoms with E-state index in [0.29, 0.717) is 22.8 Å². The SMILES string of the molecule is CC(C)Nc1nc(NCc2cccnc2C(F)(F)F)c2ncccc2n1. The van der Waals surface area contributed by atoms with Crippen LogP contribution in [-0.4, -0.2) is 26.0 Å². The molecule has 9 heteroatoms. The van der Waals surface area contributed by atoms with Crippen LogP contribution in [0.2, 0.25) is 0 Å². The summed E-state index contributed by atoms with van der Waals surface area (Å²) in [7, 11) is 0. The van der Waals surface area contributed by atoms with Crippen molar-refractivity contribution in [1.29, 1.82) is 0 Å². The van der Waals surface area contributed by atoms with Crippen LogP contribution in [0.1, 0.15) is 25.1 Å². The van der Waals surface area contributed by atoms with Crippen molar-refractivity contribution in [2.45, 2.75) is 32.6 Å². The Labute approximate surface area is 147 Å². The van der Waals surface area contributed by atoms with Crippen LogP contribution in [0.5, 0.6) is 0 Å². The van der Waals surface area contributed by atoms with E-state index < -0.39 is 11.9 Å². The number of hydrogen-bond acceptors (Lipinski definition) is 6. The normalized spacial score (nSPS) is 11.8. The minimum atomic E-state index is -4.52. The molecular formula is C17H17F3N6. The summed E-state index contributed by atoms with van der Waals surface area (Å²) in [4.78, 5) is 16.4. The number of anilines is 2. The molecule has 3 aromatic heterocycles. The first-order valence-corrected chi connectivity index (χ1v) is 7.99. The Hall–Kier alpha value is -2.97. The van der Waals surface area contributed by atoms with Gasteiger partial charge in [0.1, 0.15) is 11.2 Å². The van der Waals surface area contributed by atoms with Crippen molar-refractivity contribution in [3.05, 3.63) is 47.9 Å². The highest BCUT2D eigenvalue weighted by atomic mass is 19.4. The van der Waals surface area contributed by atoms with Crippen molar-refractivity contribution < 1.29 is 13.2 Å². The molecule has 0 saturated carbocycles. The largest absolute Gasteiger partial charge is 0.433 e. The average molecular weight is 362 g/mol. The lowest BCUT2D eigenvalue weighted by Crippen LogP contribution is -2.16. The highest BCUT2D eigenvalue weighted by molar-refractivity contribution is 5.86. The summed E-state index contributed by atoms with van der Waals surface area (Å²) < 4.78 is 39.3. The van der Waals surface area contributed by atoms with E-state index in [1.54, 1.807) is 18.3 Å². The Kier molecular flexibility index (Phi) is 4.88. The second kappa shape index (κ2) is 7.11. The van der Waals surface area contributed by atoms with Crippen molar-refractivity contribution in [3.8, 4) is 0 Å². The molecule has 0 atom stereocenters. The molecule has 0 saturated heterocycles. The van der Waals surface area contributed by atoms with Crippen LogP contribution in [0.15, 0.2) is 36.7 Å². The molecule has 3 heterocycles. The van der Waals surface area contributed by atoms with E-state index in [0.717, 1.165) is 6.20 Å². The number of rotatable bonds is 5. The van der Waals surface area contributed by atoms with Crippen LogP contribution in [0.3, 0.4) is 0 Å². The van der Waals surface area contributed by atoms with Gasteiger partial charge in [0.25, 0.3) is 0 Å². The van der Waals surface area contributed by atoms with Gasteiger partial charge in [-0.2, -0.15) is 18.2 Å². The van der Waals surface area contributed by atoms with E-state index in [1.807, 2.05) is 13.8 Å². The fraction of sp³-hybridized carbons (Fsp3) is 0.294. The average Bonchev–Trinajstić information content (AvgIpc) is 2.58. The molecule has 0 amide bonds. The Morgan fingerprint density at radius 3 is 2.50 bits per heavy atom. The fourth-order valence-electron chi connectivity index (χ4n) is 2.43. The first-order valence-electron chi connectivity index (χ1n) is 7.99. The number of nitrogens with zero attached hydrogens (tertiary/aromatic N) is 4. The van der Waals surface area contributed by atoms with Gasteiger partial charge in [0.2, 0.25) is 5.95 Å². The van der Waals surface area contributed by atoms with E-state index >= 15 is 0 Å². The van der Waals surface area contributed by atoms with Gasteiger partial charge in [-0.15, -0.1) is 0 Å². The standard InChI is InChI=1S/C17H17F3N6/c1-10(2)24-16-25-12-6-4-7-21-13(12)15(26-16)23-9-11-5-3-8-22-14(11)17(18,19)20/h3-8,10H,9H2,1-2H3,(H2,23,24,25,26). The smallest absolute Gasteiger partial charge is 0.364 e. The molecule has 0 unspecified atom stereocenters. The van der Waals surface area contributed by atoms with E-state index in [2.05, 4.69) is 30.6 Å². The minimum Gasteiger partial charge on any atom is -0.364 e. The molecule has 0 aromatic carbocycles. The maximum absolute atomic E-state index is 13.1. The summed E-state index contributed by atoms with van der Waals surface area (Å²) in [5.74, 6) is 0.737. The second-order valence-corrected chi connectivity index (χ2v) is 5.93. The number of halogens is 3. The highest BCUT2D eigenvalue weighted by Crippen LogP contribution is 2.30. The predicted molar refractivity (Wildman–Crippen MR) is 92.7 cm³/mol. The molecule has 0 radical (unpaired) electrons. The molecule has 3 aromatic rings. The minimum absolute atomic E-state index is 0.0288. The lowest BCUT2D eigenvalue weighted by atomic mass is 10.2. The van der Waals surface area contributed by atoms with E-state index in [9.17, 15) is 13.2 Å². The van der Waals surface area contributed by atoms with Gasteiger partial charge in [0.05, 0.1) is 5.52 Å². The summed E-state index contributed by atoms with van der Waals surface area (Å²) in [5.41, 5.74) is 0.190. The highest BCUT2D eigenvalue weighted by Gasteiger charge is 2.34. The number of fused-ring (bicyclic) bond motifs is 1. The summed E-state index contributed by atoms with van der Waals surface area (Å²) >= 11 is 0. The van der Waals surface area contributed by atoms with Crippen molar-refractivity contribution in [2.24, 2.45) is 0 Å². The van der Waals surface area contributed by atoms with Gasteiger partial charge in [-0.1, -0.05) is 6.07 Å². The second-order valence-electron chi connectivity index (χ2n) is 5.93. The third kappa shape index (κ3) is 3.98. The molecule has 3 rings (SSSR count). The van der Waals surface area contributed by atoms with E-state index in [4.69, 9.17) is 0 Å². The first-order chi connectivity index (χ1) is 12.3. The van der Waals surface area contributed by atoms with Gasteiger partial charge in [-0.05, 0) is 32.0 Å². The Bertz CT molecular complexity index is 910. The predicted octanol–water partition coefficient (Wildman–Crippen LogP) is 3.87. The summed E-state index contributed by atoms with van der Waals surface area (Å²) in [6, 6.07) is 6.46. The lowest BCUT2D eigenvalue weighted by molar-refractivity contribution is -0.141. The number of pyridine rings is 2. The molecular weight excluding hydrogens is 345 g/mol. The molecule has 0 aliphatic carbocycles. The number of nitrogens with one attached hydrogen (secondary N) is 2. The monoisotopic (exact) mass is 362 g/mol. The van der Waals surface area contributed by atoms with Crippen molar-refractivity contribution in [3.63, 3.8) is 0 Å². The maximum Gasteiger partial charge on any atom is 0.433 e. The van der Waals surface area contributed by atoms with E-state index in [1.165, 1.54) is 12.1 Å². The van der Waals surface area contributed by atoms with E-state index in [-0.39, 0.29) is 18.2 Å². The van der Waals surface area contributed by atoms with Crippen LogP contribution in [-0.2, 0) is 12.7 Å². The van der Waals surface area contributed by atoms with Gasteiger partial charge in [-0.3, -0.25) is 9.97 Å². The summed E-state index contributed by atoms with van der Waals surface area (Å²) in [6.45, 7) is 3.79. The molecule has 0 spiro atoms. The Morgan fingerprint density at radius 1 is 1.04 bits per heavy atom. The van der Waals surface area contributed by atoms with Crippen LogP contribution in [0.25, 0.3) is 11.0 Å². The topological polar surface area (TPSA) is 75.6 Å². The third-order valence-electron chi connectivity index (χ3n) is 3.48. The van der Waals surface area contributed by atoms with Gasteiger partial charge in [0.15, 0.2) is 5.82 Å². The Balaban J connectivity index is 1.94. The molecule has 0 bridgehead atoms. The first kappa shape index (κ1) is 17.8. The zero-order valence-corrected chi connectivity index (χ0v) is 14.2. The summed E-state index contributed by atoms with van der Waals surface area (Å²) in [5, 5.41) is 6.03. The fourth-order valence-corrected chi connectivity index (χ4v) is 2.43. The summed E-state index contributed by atoms with van der Waals surface area (Å²) in [6.07, 6.45) is -1.81. The quantitative estimate of drug-likeness (QED) is 0.718. The number of hydrogen-bond donors (Lipinski definition) is 2. The van der Waals surface area contributed by atoms with Crippen molar-refractivity contribution in [2.75, 3.05) is 10.6 Å². The zero-order chi connectivity index (χ0) is 18.7. The molecule has 136 valence electrons. The lowest BCUT2D eigenvalue weighted by Gasteiger charge is -2.14. The van der Waals surface area contributed by atoms with Crippen LogP contribution in [0.4, 0.5) is 24.9 Å². The zero-order valence-electron chi connectivity index (χ0n) is 14.2. The van der Waals surface area contributed by atoms with Gasteiger partial charge in [0, 0.05) is 30.5 Å². The number of alkyl halides is 3. The molecule has 26 heavy (non-hydrogen) atoms. The van der Waals surface area contributed by atoms with Crippen LogP contribution < -0.4 is 10.6 Å². The molecule has 6 nitrogen and oxygen atoms in total. The van der Waals surface area contributed by atoms with Gasteiger partial charge < -0.3 is 10.6 Å². The molecule has 0 aliphatic rings. The van der Waals surface area contributed by atoms with Crippen molar-refractivity contribution >= 4 is 22.8 Å². The van der Waals surface area contributed by atoms with Crippen LogP contribution in [0, 0.1) is 0 Å². The maximum atomic E-state index is 13.1. The number of aromatic nitrogens is 4. The van der Waals surface area contributed by atoms with Crippen LogP contribution >= 0.6 is 0 Å². The van der Waals surface area contributed by atoms with Gasteiger partial charge >= 0.3 is 6.18 Å². The van der Waals surface area contributed by atoms with Crippen molar-refractivity contribution in [1.82, 2.24) is 19.9 Å². The van der Waals surface area contributed by atoms with Gasteiger partial charge in [-0.25, -0.2) is 4.98 Å². The molecule has 0 aliphatic heterocycles. The Morgan fingerprint density at radius 2 is 1.77 bits per heavy atom. The molecule has 0 fully saturated rings.